The molecule has 6 nitrogen and oxygen atoms in total. The van der Waals surface area contributed by atoms with Crippen molar-refractivity contribution in [2.45, 2.75) is 19.9 Å². The van der Waals surface area contributed by atoms with Crippen LogP contribution >= 0.6 is 0 Å². The minimum atomic E-state index is -0.443. The SMILES string of the molecule is CCCOc1ccc(C2=C(N(C)CCO)C(=O)N(Cc3ccc(F)cc3)C2=O)cc1. The van der Waals surface area contributed by atoms with Gasteiger partial charge in [0.05, 0.1) is 25.3 Å². The highest BCUT2D eigenvalue weighted by atomic mass is 19.1. The molecule has 1 heterocycles. The van der Waals surface area contributed by atoms with Gasteiger partial charge in [0, 0.05) is 13.6 Å². The van der Waals surface area contributed by atoms with Crippen molar-refractivity contribution >= 4 is 17.4 Å². The zero-order valence-corrected chi connectivity index (χ0v) is 17.1. The number of imide groups is 1. The molecule has 0 bridgehead atoms. The molecule has 0 radical (unpaired) electrons. The number of aliphatic hydroxyl groups is 1. The molecule has 1 N–H and O–H groups in total. The standard InChI is InChI=1S/C23H25FN2O4/c1-3-14-30-19-10-6-17(7-11-19)20-21(25(2)12-13-27)23(29)26(22(20)28)15-16-4-8-18(24)9-5-16/h4-11,27H,3,12-15H2,1-2H3. The number of hydrogen-bond donors (Lipinski definition) is 1. The summed E-state index contributed by atoms with van der Waals surface area (Å²) in [4.78, 5) is 29.1. The van der Waals surface area contributed by atoms with Crippen molar-refractivity contribution in [1.29, 1.82) is 0 Å². The van der Waals surface area contributed by atoms with Gasteiger partial charge in [-0.05, 0) is 41.8 Å². The van der Waals surface area contributed by atoms with E-state index in [9.17, 15) is 19.1 Å². The molecule has 0 fully saturated rings. The van der Waals surface area contributed by atoms with Crippen molar-refractivity contribution in [3.05, 3.63) is 71.2 Å². The summed E-state index contributed by atoms with van der Waals surface area (Å²) >= 11 is 0. The number of amides is 2. The van der Waals surface area contributed by atoms with Crippen LogP contribution in [0.15, 0.2) is 54.2 Å². The lowest BCUT2D eigenvalue weighted by Crippen LogP contribution is -2.34. The third-order valence-electron chi connectivity index (χ3n) is 4.83. The fourth-order valence-corrected chi connectivity index (χ4v) is 3.29. The van der Waals surface area contributed by atoms with Gasteiger partial charge in [-0.3, -0.25) is 14.5 Å². The topological polar surface area (TPSA) is 70.1 Å². The molecule has 0 atom stereocenters. The summed E-state index contributed by atoms with van der Waals surface area (Å²) in [6, 6.07) is 12.7. The second kappa shape index (κ2) is 9.54. The number of nitrogens with zero attached hydrogens (tertiary/aromatic N) is 2. The maximum Gasteiger partial charge on any atom is 0.278 e. The van der Waals surface area contributed by atoms with E-state index >= 15 is 0 Å². The zero-order chi connectivity index (χ0) is 21.7. The fourth-order valence-electron chi connectivity index (χ4n) is 3.29. The second-order valence-corrected chi connectivity index (χ2v) is 7.06. The monoisotopic (exact) mass is 412 g/mol. The maximum atomic E-state index is 13.2. The number of carbonyl (C=O) groups excluding carboxylic acids is 2. The van der Waals surface area contributed by atoms with Gasteiger partial charge >= 0.3 is 0 Å². The molecule has 2 aromatic rings. The van der Waals surface area contributed by atoms with Crippen LogP contribution in [0.25, 0.3) is 5.57 Å². The van der Waals surface area contributed by atoms with Crippen molar-refractivity contribution in [2.24, 2.45) is 0 Å². The molecule has 0 aromatic heterocycles. The Morgan fingerprint density at radius 2 is 1.70 bits per heavy atom. The molecule has 0 saturated heterocycles. The van der Waals surface area contributed by atoms with E-state index in [4.69, 9.17) is 4.74 Å². The third-order valence-corrected chi connectivity index (χ3v) is 4.83. The first-order chi connectivity index (χ1) is 14.5. The largest absolute Gasteiger partial charge is 0.494 e. The Hall–Kier alpha value is -3.19. The van der Waals surface area contributed by atoms with Crippen LogP contribution in [0.5, 0.6) is 5.75 Å². The van der Waals surface area contributed by atoms with Gasteiger partial charge in [-0.15, -0.1) is 0 Å². The van der Waals surface area contributed by atoms with Crippen molar-refractivity contribution in [1.82, 2.24) is 9.80 Å². The van der Waals surface area contributed by atoms with Crippen molar-refractivity contribution in [3.8, 4) is 5.75 Å². The molecule has 2 amide bonds. The lowest BCUT2D eigenvalue weighted by atomic mass is 10.0. The zero-order valence-electron chi connectivity index (χ0n) is 17.1. The first-order valence-electron chi connectivity index (χ1n) is 9.86. The van der Waals surface area contributed by atoms with E-state index in [1.807, 2.05) is 6.92 Å². The Labute approximate surface area is 175 Å². The fraction of sp³-hybridized carbons (Fsp3) is 0.304. The van der Waals surface area contributed by atoms with Crippen molar-refractivity contribution < 1.29 is 23.8 Å². The summed E-state index contributed by atoms with van der Waals surface area (Å²) in [5, 5.41) is 9.33. The van der Waals surface area contributed by atoms with Crippen LogP contribution in [0.2, 0.25) is 0 Å². The van der Waals surface area contributed by atoms with Gasteiger partial charge in [-0.2, -0.15) is 0 Å². The number of likely N-dealkylation sites (N-methyl/N-ethyl adjacent to an activating group) is 1. The Bertz CT molecular complexity index is 939. The van der Waals surface area contributed by atoms with Crippen LogP contribution in [0, 0.1) is 5.82 Å². The summed E-state index contributed by atoms with van der Waals surface area (Å²) in [5.41, 5.74) is 1.75. The second-order valence-electron chi connectivity index (χ2n) is 7.06. The lowest BCUT2D eigenvalue weighted by Gasteiger charge is -2.20. The lowest BCUT2D eigenvalue weighted by molar-refractivity contribution is -0.138. The Kier molecular flexibility index (Phi) is 6.84. The number of benzene rings is 2. The van der Waals surface area contributed by atoms with Crippen LogP contribution in [0.1, 0.15) is 24.5 Å². The normalized spacial score (nSPS) is 13.9. The van der Waals surface area contributed by atoms with E-state index in [1.54, 1.807) is 48.3 Å². The van der Waals surface area contributed by atoms with E-state index in [0.717, 1.165) is 11.3 Å². The highest BCUT2D eigenvalue weighted by Gasteiger charge is 2.40. The molecular weight excluding hydrogens is 387 g/mol. The maximum absolute atomic E-state index is 13.2. The number of aliphatic hydroxyl groups excluding tert-OH is 1. The van der Waals surface area contributed by atoms with E-state index in [1.165, 1.54) is 12.1 Å². The molecule has 7 heteroatoms. The average Bonchev–Trinajstić information content (AvgIpc) is 2.99. The Morgan fingerprint density at radius 1 is 1.03 bits per heavy atom. The first-order valence-corrected chi connectivity index (χ1v) is 9.86. The molecular formula is C23H25FN2O4. The van der Waals surface area contributed by atoms with Crippen LogP contribution in [0.4, 0.5) is 4.39 Å². The quantitative estimate of drug-likeness (QED) is 0.642. The van der Waals surface area contributed by atoms with Crippen LogP contribution in [-0.2, 0) is 16.1 Å². The molecule has 0 aliphatic carbocycles. The number of rotatable bonds is 9. The molecule has 0 unspecified atom stereocenters. The number of halogens is 1. The number of hydrogen-bond acceptors (Lipinski definition) is 5. The van der Waals surface area contributed by atoms with Crippen LogP contribution < -0.4 is 4.74 Å². The molecule has 3 rings (SSSR count). The average molecular weight is 412 g/mol. The highest BCUT2D eigenvalue weighted by Crippen LogP contribution is 2.32. The Balaban J connectivity index is 1.94. The summed E-state index contributed by atoms with van der Waals surface area (Å²) in [6.45, 7) is 2.70. The van der Waals surface area contributed by atoms with Crippen LogP contribution in [0.3, 0.4) is 0 Å². The molecule has 30 heavy (non-hydrogen) atoms. The van der Waals surface area contributed by atoms with Gasteiger partial charge in [0.1, 0.15) is 17.3 Å². The molecule has 1 aliphatic rings. The van der Waals surface area contributed by atoms with Gasteiger partial charge in [0.15, 0.2) is 0 Å². The molecule has 1 aliphatic heterocycles. The molecule has 0 saturated carbocycles. The summed E-state index contributed by atoms with van der Waals surface area (Å²) < 4.78 is 18.8. The van der Waals surface area contributed by atoms with Gasteiger partial charge in [0.25, 0.3) is 11.8 Å². The van der Waals surface area contributed by atoms with Crippen LogP contribution in [-0.4, -0.2) is 53.5 Å². The minimum Gasteiger partial charge on any atom is -0.494 e. The van der Waals surface area contributed by atoms with Gasteiger partial charge in [-0.25, -0.2) is 4.39 Å². The third kappa shape index (κ3) is 4.52. The van der Waals surface area contributed by atoms with Crippen molar-refractivity contribution in [2.75, 3.05) is 26.8 Å². The summed E-state index contributed by atoms with van der Waals surface area (Å²) in [6.07, 6.45) is 0.883. The Morgan fingerprint density at radius 3 is 2.30 bits per heavy atom. The number of carbonyl (C=O) groups is 2. The molecule has 0 spiro atoms. The predicted octanol–water partition coefficient (Wildman–Crippen LogP) is 2.82. The highest BCUT2D eigenvalue weighted by molar-refractivity contribution is 6.35. The summed E-state index contributed by atoms with van der Waals surface area (Å²) in [7, 11) is 1.66. The smallest absolute Gasteiger partial charge is 0.278 e. The van der Waals surface area contributed by atoms with Gasteiger partial charge in [0.2, 0.25) is 0 Å². The first kappa shape index (κ1) is 21.5. The van der Waals surface area contributed by atoms with Crippen molar-refractivity contribution in [3.63, 3.8) is 0 Å². The van der Waals surface area contributed by atoms with Gasteiger partial charge < -0.3 is 14.7 Å². The van der Waals surface area contributed by atoms with Gasteiger partial charge in [-0.1, -0.05) is 31.2 Å². The van der Waals surface area contributed by atoms with E-state index in [-0.39, 0.29) is 36.8 Å². The van der Waals surface area contributed by atoms with E-state index in [0.29, 0.717) is 23.5 Å². The number of ether oxygens (including phenoxy) is 1. The van der Waals surface area contributed by atoms with E-state index in [2.05, 4.69) is 0 Å². The minimum absolute atomic E-state index is 0.0373. The summed E-state index contributed by atoms with van der Waals surface area (Å²) in [5.74, 6) is -0.565. The molecule has 2 aromatic carbocycles. The predicted molar refractivity (Wildman–Crippen MR) is 111 cm³/mol. The van der Waals surface area contributed by atoms with E-state index < -0.39 is 11.8 Å². The molecule has 158 valence electrons.